The number of hydrogen-bond donors (Lipinski definition) is 1. The molecule has 1 unspecified atom stereocenters. The molecule has 1 N–H and O–H groups in total. The Kier molecular flexibility index (Phi) is 2.49. The predicted molar refractivity (Wildman–Crippen MR) is 60.3 cm³/mol. The van der Waals surface area contributed by atoms with Gasteiger partial charge in [0.1, 0.15) is 0 Å². The Balaban J connectivity index is 2.48. The highest BCUT2D eigenvalue weighted by Crippen LogP contribution is 2.22. The molecule has 0 bridgehead atoms. The van der Waals surface area contributed by atoms with Gasteiger partial charge in [0.25, 0.3) is 0 Å². The second-order valence-corrected chi connectivity index (χ2v) is 3.91. The first-order valence-electron chi connectivity index (χ1n) is 4.31. The number of pyridine rings is 1. The third-order valence-corrected chi connectivity index (χ3v) is 2.97. The van der Waals surface area contributed by atoms with Crippen LogP contribution in [0.25, 0.3) is 10.2 Å². The van der Waals surface area contributed by atoms with Crippen molar-refractivity contribution in [3.8, 4) is 12.3 Å². The lowest BCUT2D eigenvalue weighted by molar-refractivity contribution is 0.735. The first-order chi connectivity index (χ1) is 6.85. The van der Waals surface area contributed by atoms with Crippen molar-refractivity contribution >= 4 is 21.6 Å². The molecule has 14 heavy (non-hydrogen) atoms. The van der Waals surface area contributed by atoms with Gasteiger partial charge in [0.15, 0.2) is 0 Å². The fraction of sp³-hybridized carbons (Fsp3) is 0.182. The van der Waals surface area contributed by atoms with Crippen molar-refractivity contribution in [1.29, 1.82) is 0 Å². The number of nitrogens with zero attached hydrogens (tertiary/aromatic N) is 1. The fourth-order valence-corrected chi connectivity index (χ4v) is 2.15. The average Bonchev–Trinajstić information content (AvgIpc) is 2.66. The molecule has 2 nitrogen and oxygen atoms in total. The molecule has 0 aliphatic heterocycles. The summed E-state index contributed by atoms with van der Waals surface area (Å²) in [6.07, 6.45) is 7.23. The Bertz CT molecular complexity index is 481. The Morgan fingerprint density at radius 2 is 2.50 bits per heavy atom. The minimum absolute atomic E-state index is 0.0472. The van der Waals surface area contributed by atoms with Gasteiger partial charge in [-0.2, -0.15) is 0 Å². The van der Waals surface area contributed by atoms with Crippen LogP contribution in [0.1, 0.15) is 11.6 Å². The second-order valence-electron chi connectivity index (χ2n) is 2.96. The summed E-state index contributed by atoms with van der Waals surface area (Å²) in [6, 6.07) is 4.05. The number of fused-ring (bicyclic) bond motifs is 1. The number of thiophene rings is 1. The molecule has 0 amide bonds. The smallest absolute Gasteiger partial charge is 0.0956 e. The van der Waals surface area contributed by atoms with E-state index in [-0.39, 0.29) is 6.04 Å². The second kappa shape index (κ2) is 3.79. The lowest BCUT2D eigenvalue weighted by atomic mass is 10.1. The molecule has 0 fully saturated rings. The molecule has 0 saturated heterocycles. The van der Waals surface area contributed by atoms with Gasteiger partial charge in [-0.3, -0.25) is 4.98 Å². The van der Waals surface area contributed by atoms with Crippen molar-refractivity contribution in [3.05, 3.63) is 29.3 Å². The van der Waals surface area contributed by atoms with Crippen molar-refractivity contribution in [1.82, 2.24) is 10.3 Å². The van der Waals surface area contributed by atoms with Gasteiger partial charge in [0, 0.05) is 11.8 Å². The molecule has 0 spiro atoms. The van der Waals surface area contributed by atoms with Crippen LogP contribution < -0.4 is 5.32 Å². The molecule has 0 radical (unpaired) electrons. The highest BCUT2D eigenvalue weighted by molar-refractivity contribution is 7.17. The van der Waals surface area contributed by atoms with Gasteiger partial charge in [-0.05, 0) is 24.6 Å². The Labute approximate surface area is 87.0 Å². The van der Waals surface area contributed by atoms with Crippen LogP contribution in [0, 0.1) is 12.3 Å². The van der Waals surface area contributed by atoms with E-state index in [1.54, 1.807) is 11.3 Å². The van der Waals surface area contributed by atoms with Crippen molar-refractivity contribution in [2.75, 3.05) is 7.05 Å². The minimum Gasteiger partial charge on any atom is -0.303 e. The number of nitrogens with one attached hydrogen (secondary N) is 1. The molecule has 0 saturated carbocycles. The van der Waals surface area contributed by atoms with Gasteiger partial charge in [0.2, 0.25) is 0 Å². The summed E-state index contributed by atoms with van der Waals surface area (Å²) in [4.78, 5) is 4.33. The van der Waals surface area contributed by atoms with E-state index in [0.717, 1.165) is 11.1 Å². The third kappa shape index (κ3) is 1.50. The highest BCUT2D eigenvalue weighted by atomic mass is 32.1. The van der Waals surface area contributed by atoms with Gasteiger partial charge in [-0.15, -0.1) is 17.8 Å². The largest absolute Gasteiger partial charge is 0.303 e. The number of aromatic nitrogens is 1. The van der Waals surface area contributed by atoms with Gasteiger partial charge in [-0.25, -0.2) is 0 Å². The Morgan fingerprint density at radius 1 is 1.64 bits per heavy atom. The zero-order chi connectivity index (χ0) is 9.97. The molecule has 2 heterocycles. The van der Waals surface area contributed by atoms with Crippen LogP contribution in [0.3, 0.4) is 0 Å². The van der Waals surface area contributed by atoms with Crippen molar-refractivity contribution in [2.45, 2.75) is 6.04 Å². The van der Waals surface area contributed by atoms with Crippen LogP contribution in [0.5, 0.6) is 0 Å². The van der Waals surface area contributed by atoms with Crippen LogP contribution in [-0.4, -0.2) is 12.0 Å². The van der Waals surface area contributed by atoms with E-state index in [9.17, 15) is 0 Å². The van der Waals surface area contributed by atoms with Gasteiger partial charge < -0.3 is 5.32 Å². The normalized spacial score (nSPS) is 12.6. The maximum Gasteiger partial charge on any atom is 0.0956 e. The first kappa shape index (κ1) is 9.20. The summed E-state index contributed by atoms with van der Waals surface area (Å²) in [5.74, 6) is 2.68. The monoisotopic (exact) mass is 202 g/mol. The van der Waals surface area contributed by atoms with Crippen LogP contribution in [0.2, 0.25) is 0 Å². The summed E-state index contributed by atoms with van der Waals surface area (Å²) in [6.45, 7) is 0. The zero-order valence-corrected chi connectivity index (χ0v) is 8.64. The van der Waals surface area contributed by atoms with E-state index >= 15 is 0 Å². The summed E-state index contributed by atoms with van der Waals surface area (Å²) in [5, 5.41) is 5.09. The maximum atomic E-state index is 5.40. The number of hydrogen-bond acceptors (Lipinski definition) is 3. The first-order valence-corrected chi connectivity index (χ1v) is 5.19. The number of rotatable bonds is 2. The standard InChI is InChI=1S/C11H10N2S/c1-3-9(12-2)8-6-11-10(13-7-8)4-5-14-11/h1,4-7,9,12H,2H3. The van der Waals surface area contributed by atoms with Crippen LogP contribution in [0.15, 0.2) is 23.7 Å². The molecule has 0 aliphatic rings. The van der Waals surface area contributed by atoms with E-state index in [1.165, 1.54) is 4.70 Å². The molecule has 2 aromatic rings. The van der Waals surface area contributed by atoms with E-state index in [0.29, 0.717) is 0 Å². The number of terminal acetylenes is 1. The van der Waals surface area contributed by atoms with Gasteiger partial charge in [-0.1, -0.05) is 5.92 Å². The molecule has 2 aromatic heterocycles. The van der Waals surface area contributed by atoms with E-state index in [4.69, 9.17) is 6.42 Å². The summed E-state index contributed by atoms with van der Waals surface area (Å²) in [5.41, 5.74) is 2.08. The lowest BCUT2D eigenvalue weighted by Crippen LogP contribution is -2.14. The average molecular weight is 202 g/mol. The molecule has 2 rings (SSSR count). The topological polar surface area (TPSA) is 24.9 Å². The van der Waals surface area contributed by atoms with Gasteiger partial charge in [0.05, 0.1) is 16.3 Å². The van der Waals surface area contributed by atoms with Crippen LogP contribution >= 0.6 is 11.3 Å². The van der Waals surface area contributed by atoms with Crippen LogP contribution in [0.4, 0.5) is 0 Å². The van der Waals surface area contributed by atoms with E-state index in [1.807, 2.05) is 24.7 Å². The quantitative estimate of drug-likeness (QED) is 0.755. The fourth-order valence-electron chi connectivity index (χ4n) is 1.37. The zero-order valence-electron chi connectivity index (χ0n) is 7.82. The Morgan fingerprint density at radius 3 is 3.21 bits per heavy atom. The maximum absolute atomic E-state index is 5.40. The minimum atomic E-state index is -0.0472. The van der Waals surface area contributed by atoms with E-state index in [2.05, 4.69) is 22.3 Å². The molecule has 70 valence electrons. The summed E-state index contributed by atoms with van der Waals surface area (Å²) < 4.78 is 1.18. The summed E-state index contributed by atoms with van der Waals surface area (Å²) in [7, 11) is 1.85. The van der Waals surface area contributed by atoms with Gasteiger partial charge >= 0.3 is 0 Å². The molecular weight excluding hydrogens is 192 g/mol. The molecule has 3 heteroatoms. The van der Waals surface area contributed by atoms with Crippen molar-refractivity contribution in [2.24, 2.45) is 0 Å². The Hall–Kier alpha value is -1.37. The molecule has 0 aromatic carbocycles. The molecule has 0 aliphatic carbocycles. The molecule has 1 atom stereocenters. The highest BCUT2D eigenvalue weighted by Gasteiger charge is 2.06. The van der Waals surface area contributed by atoms with Crippen molar-refractivity contribution < 1.29 is 0 Å². The third-order valence-electron chi connectivity index (χ3n) is 2.11. The SMILES string of the molecule is C#CC(NC)c1cnc2ccsc2c1. The van der Waals surface area contributed by atoms with E-state index < -0.39 is 0 Å². The predicted octanol–water partition coefficient (Wildman–Crippen LogP) is 2.19. The summed E-state index contributed by atoms with van der Waals surface area (Å²) >= 11 is 1.68. The molecular formula is C11H10N2S. The lowest BCUT2D eigenvalue weighted by Gasteiger charge is -2.08. The van der Waals surface area contributed by atoms with Crippen molar-refractivity contribution in [3.63, 3.8) is 0 Å². The van der Waals surface area contributed by atoms with Crippen LogP contribution in [-0.2, 0) is 0 Å².